The molecule has 27 heavy (non-hydrogen) atoms. The Kier molecular flexibility index (Phi) is 6.13. The lowest BCUT2D eigenvalue weighted by atomic mass is 10.1. The summed E-state index contributed by atoms with van der Waals surface area (Å²) in [5.74, 6) is -0.414. The first-order valence-electron chi connectivity index (χ1n) is 8.84. The van der Waals surface area contributed by atoms with Crippen LogP contribution in [0.4, 0.5) is 0 Å². The van der Waals surface area contributed by atoms with Crippen LogP contribution in [0.15, 0.2) is 91.0 Å². The molecule has 0 fully saturated rings. The molecule has 0 saturated heterocycles. The Morgan fingerprint density at radius 3 is 1.81 bits per heavy atom. The van der Waals surface area contributed by atoms with E-state index in [-0.39, 0.29) is 11.7 Å². The van der Waals surface area contributed by atoms with E-state index in [1.807, 2.05) is 66.5 Å². The summed E-state index contributed by atoms with van der Waals surface area (Å²) in [7, 11) is 1.84. The van der Waals surface area contributed by atoms with Gasteiger partial charge in [0.05, 0.1) is 0 Å². The van der Waals surface area contributed by atoms with Gasteiger partial charge in [-0.25, -0.2) is 0 Å². The maximum absolute atomic E-state index is 13.1. The molecule has 0 saturated carbocycles. The van der Waals surface area contributed by atoms with Crippen LogP contribution in [0.25, 0.3) is 0 Å². The van der Waals surface area contributed by atoms with Crippen molar-refractivity contribution in [3.8, 4) is 0 Å². The van der Waals surface area contributed by atoms with Gasteiger partial charge in [0.25, 0.3) is 5.91 Å². The predicted octanol–water partition coefficient (Wildman–Crippen LogP) is 3.76. The van der Waals surface area contributed by atoms with Crippen molar-refractivity contribution in [2.24, 2.45) is 0 Å². The number of likely N-dealkylation sites (N-methyl/N-ethyl adjacent to an activating group) is 1. The second-order valence-corrected chi connectivity index (χ2v) is 6.37. The molecule has 3 aromatic carbocycles. The number of nitrogens with zero attached hydrogens (tertiary/aromatic N) is 1. The summed E-state index contributed by atoms with van der Waals surface area (Å²) in [5, 5.41) is 2.89. The molecule has 0 spiro atoms. The van der Waals surface area contributed by atoms with E-state index in [0.29, 0.717) is 17.7 Å². The molecule has 0 aliphatic heterocycles. The number of carbonyl (C=O) groups is 2. The fourth-order valence-corrected chi connectivity index (χ4v) is 2.90. The molecule has 0 bridgehead atoms. The minimum absolute atomic E-state index is 0.140. The number of rotatable bonds is 7. The molecule has 0 heterocycles. The highest BCUT2D eigenvalue weighted by molar-refractivity contribution is 6.04. The van der Waals surface area contributed by atoms with Crippen molar-refractivity contribution >= 4 is 11.7 Å². The second-order valence-electron chi connectivity index (χ2n) is 6.37. The second kappa shape index (κ2) is 8.92. The van der Waals surface area contributed by atoms with E-state index >= 15 is 0 Å². The van der Waals surface area contributed by atoms with Gasteiger partial charge in [-0.1, -0.05) is 78.9 Å². The van der Waals surface area contributed by atoms with Gasteiger partial charge in [-0.2, -0.15) is 0 Å². The van der Waals surface area contributed by atoms with Crippen LogP contribution in [0.3, 0.4) is 0 Å². The van der Waals surface area contributed by atoms with Crippen molar-refractivity contribution in [3.63, 3.8) is 0 Å². The van der Waals surface area contributed by atoms with Crippen molar-refractivity contribution in [1.82, 2.24) is 10.2 Å². The van der Waals surface area contributed by atoms with Gasteiger partial charge in [-0.05, 0) is 24.7 Å². The third kappa shape index (κ3) is 4.90. The minimum Gasteiger partial charge on any atom is -0.329 e. The Balaban J connectivity index is 1.84. The molecule has 0 aliphatic carbocycles. The standard InChI is InChI=1S/C23H22N2O2/c1-25(17-18-11-5-2-6-12-18)22(21(26)19-13-7-3-8-14-19)24-23(27)20-15-9-4-10-16-20/h2-16,22H,17H2,1H3,(H,24,27). The van der Waals surface area contributed by atoms with Gasteiger partial charge in [0, 0.05) is 17.7 Å². The topological polar surface area (TPSA) is 49.4 Å². The Hall–Kier alpha value is -3.24. The number of hydrogen-bond donors (Lipinski definition) is 1. The zero-order valence-corrected chi connectivity index (χ0v) is 15.2. The van der Waals surface area contributed by atoms with Gasteiger partial charge < -0.3 is 5.32 Å². The average Bonchev–Trinajstić information content (AvgIpc) is 2.73. The molecule has 1 unspecified atom stereocenters. The van der Waals surface area contributed by atoms with Crippen LogP contribution in [0, 0.1) is 0 Å². The van der Waals surface area contributed by atoms with Crippen LogP contribution in [0.1, 0.15) is 26.3 Å². The fourth-order valence-electron chi connectivity index (χ4n) is 2.90. The highest BCUT2D eigenvalue weighted by atomic mass is 16.2. The van der Waals surface area contributed by atoms with Crippen molar-refractivity contribution in [2.45, 2.75) is 12.7 Å². The van der Waals surface area contributed by atoms with E-state index in [9.17, 15) is 9.59 Å². The van der Waals surface area contributed by atoms with Crippen LogP contribution < -0.4 is 5.32 Å². The number of carbonyl (C=O) groups excluding carboxylic acids is 2. The molecule has 1 N–H and O–H groups in total. The lowest BCUT2D eigenvalue weighted by Crippen LogP contribution is -2.51. The molecular weight excluding hydrogens is 336 g/mol. The van der Waals surface area contributed by atoms with E-state index in [0.717, 1.165) is 5.56 Å². The first kappa shape index (κ1) is 18.5. The van der Waals surface area contributed by atoms with Gasteiger partial charge in [0.1, 0.15) is 6.17 Å². The highest BCUT2D eigenvalue weighted by Crippen LogP contribution is 2.11. The predicted molar refractivity (Wildman–Crippen MR) is 106 cm³/mol. The summed E-state index contributed by atoms with van der Waals surface area (Å²) >= 11 is 0. The first-order valence-corrected chi connectivity index (χ1v) is 8.84. The number of hydrogen-bond acceptors (Lipinski definition) is 3. The maximum Gasteiger partial charge on any atom is 0.252 e. The van der Waals surface area contributed by atoms with Crippen LogP contribution in [0.2, 0.25) is 0 Å². The quantitative estimate of drug-likeness (QED) is 0.517. The molecule has 3 aromatic rings. The van der Waals surface area contributed by atoms with Gasteiger partial charge in [0.2, 0.25) is 0 Å². The van der Waals surface area contributed by atoms with E-state index in [1.165, 1.54) is 0 Å². The summed E-state index contributed by atoms with van der Waals surface area (Å²) in [6, 6.07) is 27.8. The number of amides is 1. The molecule has 3 rings (SSSR count). The van der Waals surface area contributed by atoms with Gasteiger partial charge in [-0.15, -0.1) is 0 Å². The van der Waals surface area contributed by atoms with E-state index in [4.69, 9.17) is 0 Å². The molecule has 0 aliphatic rings. The van der Waals surface area contributed by atoms with Crippen molar-refractivity contribution in [1.29, 1.82) is 0 Å². The summed E-state index contributed by atoms with van der Waals surface area (Å²) < 4.78 is 0. The Bertz CT molecular complexity index is 880. The lowest BCUT2D eigenvalue weighted by molar-refractivity contribution is 0.0718. The first-order chi connectivity index (χ1) is 13.1. The van der Waals surface area contributed by atoms with E-state index in [1.54, 1.807) is 36.4 Å². The largest absolute Gasteiger partial charge is 0.329 e. The summed E-state index contributed by atoms with van der Waals surface area (Å²) in [5.41, 5.74) is 2.16. The molecule has 0 radical (unpaired) electrons. The Morgan fingerprint density at radius 2 is 1.26 bits per heavy atom. The summed E-state index contributed by atoms with van der Waals surface area (Å²) in [4.78, 5) is 27.6. The number of ketones is 1. The Labute approximate surface area is 159 Å². The average molecular weight is 358 g/mol. The third-order valence-electron chi connectivity index (χ3n) is 4.33. The molecule has 136 valence electrons. The SMILES string of the molecule is CN(Cc1ccccc1)C(NC(=O)c1ccccc1)C(=O)c1ccccc1. The van der Waals surface area contributed by atoms with Crippen LogP contribution >= 0.6 is 0 Å². The monoisotopic (exact) mass is 358 g/mol. The molecule has 4 nitrogen and oxygen atoms in total. The van der Waals surface area contributed by atoms with Gasteiger partial charge in [-0.3, -0.25) is 14.5 Å². The van der Waals surface area contributed by atoms with Crippen molar-refractivity contribution in [2.75, 3.05) is 7.05 Å². The van der Waals surface area contributed by atoms with Gasteiger partial charge in [0.15, 0.2) is 5.78 Å². The highest BCUT2D eigenvalue weighted by Gasteiger charge is 2.26. The summed E-state index contributed by atoms with van der Waals surface area (Å²) in [6.07, 6.45) is -0.764. The zero-order chi connectivity index (χ0) is 19.1. The maximum atomic E-state index is 13.1. The molecule has 1 amide bonds. The lowest BCUT2D eigenvalue weighted by Gasteiger charge is -2.28. The van der Waals surface area contributed by atoms with Crippen molar-refractivity contribution in [3.05, 3.63) is 108 Å². The number of Topliss-reactive ketones (excluding diaryl/α,β-unsaturated/α-hetero) is 1. The molecule has 0 aromatic heterocycles. The summed E-state index contributed by atoms with van der Waals surface area (Å²) in [6.45, 7) is 0.541. The van der Waals surface area contributed by atoms with E-state index in [2.05, 4.69) is 5.32 Å². The van der Waals surface area contributed by atoms with Crippen LogP contribution in [-0.2, 0) is 6.54 Å². The number of benzene rings is 3. The fraction of sp³-hybridized carbons (Fsp3) is 0.130. The Morgan fingerprint density at radius 1 is 0.778 bits per heavy atom. The minimum atomic E-state index is -0.764. The molecular formula is C23H22N2O2. The smallest absolute Gasteiger partial charge is 0.252 e. The molecule has 4 heteroatoms. The normalized spacial score (nSPS) is 11.8. The van der Waals surface area contributed by atoms with Crippen molar-refractivity contribution < 1.29 is 9.59 Å². The number of nitrogens with one attached hydrogen (secondary N) is 1. The van der Waals surface area contributed by atoms with Gasteiger partial charge >= 0.3 is 0 Å². The zero-order valence-electron chi connectivity index (χ0n) is 15.2. The van der Waals surface area contributed by atoms with E-state index < -0.39 is 6.17 Å². The third-order valence-corrected chi connectivity index (χ3v) is 4.33. The molecule has 1 atom stereocenters. The van der Waals surface area contributed by atoms with Crippen LogP contribution in [0.5, 0.6) is 0 Å². The van der Waals surface area contributed by atoms with Crippen LogP contribution in [-0.4, -0.2) is 29.8 Å².